The molecule has 0 radical (unpaired) electrons. The first kappa shape index (κ1) is 21.3. The number of carbonyl (C=O) groups excluding carboxylic acids is 1. The molecule has 6 heteroatoms. The number of fused-ring (bicyclic) bond motifs is 5. The van der Waals surface area contributed by atoms with Gasteiger partial charge >= 0.3 is 5.97 Å². The van der Waals surface area contributed by atoms with Crippen LogP contribution >= 0.6 is 0 Å². The number of nitrogens with zero attached hydrogens (tertiary/aromatic N) is 4. The lowest BCUT2D eigenvalue weighted by molar-refractivity contribution is -0.135. The molecule has 3 aromatic heterocycles. The first-order valence-corrected chi connectivity index (χ1v) is 11.2. The van der Waals surface area contributed by atoms with Gasteiger partial charge in [-0.05, 0) is 29.9 Å². The Morgan fingerprint density at radius 3 is 2.39 bits per heavy atom. The van der Waals surface area contributed by atoms with E-state index in [2.05, 4.69) is 42.7 Å². The zero-order valence-electron chi connectivity index (χ0n) is 19.3. The molecule has 0 amide bonds. The Kier molecular flexibility index (Phi) is 5.73. The van der Waals surface area contributed by atoms with Crippen LogP contribution in [0.25, 0.3) is 27.7 Å². The fraction of sp³-hybridized carbons (Fsp3) is 0.480. The number of carbonyl (C=O) groups is 1. The van der Waals surface area contributed by atoms with Gasteiger partial charge < -0.3 is 9.30 Å². The Bertz CT molecular complexity index is 1250. The number of imidazole rings is 1. The maximum Gasteiger partial charge on any atom is 0.311 e. The largest absolute Gasteiger partial charge is 0.424 e. The van der Waals surface area contributed by atoms with Gasteiger partial charge in [0.05, 0.1) is 11.0 Å². The molecule has 0 aliphatic rings. The number of esters is 1. The van der Waals surface area contributed by atoms with Crippen LogP contribution in [-0.4, -0.2) is 24.9 Å². The molecule has 0 bridgehead atoms. The van der Waals surface area contributed by atoms with Gasteiger partial charge in [-0.2, -0.15) is 0 Å². The Morgan fingerprint density at radius 1 is 0.968 bits per heavy atom. The van der Waals surface area contributed by atoms with E-state index >= 15 is 0 Å². The molecule has 31 heavy (non-hydrogen) atoms. The maximum absolute atomic E-state index is 12.5. The van der Waals surface area contributed by atoms with Crippen molar-refractivity contribution in [2.75, 3.05) is 0 Å². The van der Waals surface area contributed by atoms with Gasteiger partial charge in [0.2, 0.25) is 0 Å². The summed E-state index contributed by atoms with van der Waals surface area (Å²) in [6.07, 6.45) is 3.14. The highest BCUT2D eigenvalue weighted by Crippen LogP contribution is 2.34. The maximum atomic E-state index is 12.5. The molecule has 1 aromatic carbocycles. The minimum absolute atomic E-state index is 0.223. The van der Waals surface area contributed by atoms with Crippen LogP contribution in [0.5, 0.6) is 5.75 Å². The number of rotatable bonds is 7. The van der Waals surface area contributed by atoms with Crippen molar-refractivity contribution < 1.29 is 9.53 Å². The average molecular weight is 421 g/mol. The van der Waals surface area contributed by atoms with Crippen LogP contribution in [0.1, 0.15) is 53.8 Å². The van der Waals surface area contributed by atoms with Gasteiger partial charge in [0.1, 0.15) is 16.9 Å². The van der Waals surface area contributed by atoms with E-state index < -0.39 is 0 Å². The SMILES string of the molecule is CC(C)CC(=O)Oc1cn(CC(C)C)c2nc(CC(C)C)n3c4ccccc4nc3c12. The number of hydrogen-bond acceptors (Lipinski definition) is 4. The Morgan fingerprint density at radius 2 is 1.71 bits per heavy atom. The third kappa shape index (κ3) is 4.16. The average Bonchev–Trinajstić information content (AvgIpc) is 3.19. The highest BCUT2D eigenvalue weighted by molar-refractivity contribution is 6.00. The lowest BCUT2D eigenvalue weighted by Crippen LogP contribution is -2.11. The van der Waals surface area contributed by atoms with Gasteiger partial charge in [0, 0.05) is 25.6 Å². The summed E-state index contributed by atoms with van der Waals surface area (Å²) in [7, 11) is 0. The third-order valence-electron chi connectivity index (χ3n) is 5.24. The Balaban J connectivity index is 2.03. The molecule has 0 aliphatic heterocycles. The van der Waals surface area contributed by atoms with Gasteiger partial charge in [-0.15, -0.1) is 0 Å². The summed E-state index contributed by atoms with van der Waals surface area (Å²) in [4.78, 5) is 22.6. The van der Waals surface area contributed by atoms with Crippen LogP contribution in [0.15, 0.2) is 30.5 Å². The van der Waals surface area contributed by atoms with Crippen LogP contribution in [0.4, 0.5) is 0 Å². The minimum atomic E-state index is -0.223. The lowest BCUT2D eigenvalue weighted by atomic mass is 10.1. The van der Waals surface area contributed by atoms with Gasteiger partial charge in [0.25, 0.3) is 0 Å². The first-order chi connectivity index (χ1) is 14.7. The monoisotopic (exact) mass is 420 g/mol. The summed E-state index contributed by atoms with van der Waals surface area (Å²) < 4.78 is 10.1. The molecule has 0 aliphatic carbocycles. The normalized spacial score (nSPS) is 12.3. The fourth-order valence-corrected chi connectivity index (χ4v) is 4.09. The van der Waals surface area contributed by atoms with Crippen molar-refractivity contribution in [1.82, 2.24) is 18.9 Å². The summed E-state index contributed by atoms with van der Waals surface area (Å²) in [5, 5.41) is 0.807. The Hall–Kier alpha value is -2.89. The van der Waals surface area contributed by atoms with E-state index in [0.29, 0.717) is 24.0 Å². The standard InChI is InChI=1S/C25H32N4O2/c1-15(2)11-21-27-24-23(25-26-18-9-7-8-10-19(18)29(21)25)20(14-28(24)13-17(5)6)31-22(30)12-16(3)4/h7-10,14-17H,11-13H2,1-6H3. The van der Waals surface area contributed by atoms with Gasteiger partial charge in [-0.25, -0.2) is 9.97 Å². The van der Waals surface area contributed by atoms with Crippen molar-refractivity contribution >= 4 is 33.7 Å². The molecular weight excluding hydrogens is 388 g/mol. The van der Waals surface area contributed by atoms with Crippen molar-refractivity contribution in [1.29, 1.82) is 0 Å². The number of ether oxygens (including phenoxy) is 1. The van der Waals surface area contributed by atoms with Crippen molar-refractivity contribution in [3.63, 3.8) is 0 Å². The summed E-state index contributed by atoms with van der Waals surface area (Å²) in [6.45, 7) is 13.6. The molecule has 0 fully saturated rings. The highest BCUT2D eigenvalue weighted by Gasteiger charge is 2.23. The predicted molar refractivity (Wildman–Crippen MR) is 124 cm³/mol. The second kappa shape index (κ2) is 8.33. The molecule has 0 unspecified atom stereocenters. The summed E-state index contributed by atoms with van der Waals surface area (Å²) in [5.41, 5.74) is 3.58. The van der Waals surface area contributed by atoms with Crippen LogP contribution < -0.4 is 4.74 Å². The fourth-order valence-electron chi connectivity index (χ4n) is 4.09. The smallest absolute Gasteiger partial charge is 0.311 e. The quantitative estimate of drug-likeness (QED) is 0.363. The number of aromatic nitrogens is 4. The van der Waals surface area contributed by atoms with E-state index in [0.717, 1.165) is 46.5 Å². The topological polar surface area (TPSA) is 61.4 Å². The zero-order chi connectivity index (χ0) is 22.3. The van der Waals surface area contributed by atoms with E-state index in [1.807, 2.05) is 38.2 Å². The van der Waals surface area contributed by atoms with Crippen LogP contribution in [-0.2, 0) is 17.8 Å². The third-order valence-corrected chi connectivity index (χ3v) is 5.24. The number of benzene rings is 1. The molecule has 164 valence electrons. The van der Waals surface area contributed by atoms with Crippen LogP contribution in [0, 0.1) is 17.8 Å². The summed E-state index contributed by atoms with van der Waals surface area (Å²) in [5.74, 6) is 2.42. The summed E-state index contributed by atoms with van der Waals surface area (Å²) >= 11 is 0. The number of para-hydroxylation sites is 2. The molecule has 6 nitrogen and oxygen atoms in total. The van der Waals surface area contributed by atoms with Crippen molar-refractivity contribution in [3.05, 3.63) is 36.3 Å². The van der Waals surface area contributed by atoms with Gasteiger partial charge in [0.15, 0.2) is 11.4 Å². The van der Waals surface area contributed by atoms with E-state index in [1.54, 1.807) is 0 Å². The minimum Gasteiger partial charge on any atom is -0.424 e. The van der Waals surface area contributed by atoms with E-state index in [9.17, 15) is 4.79 Å². The van der Waals surface area contributed by atoms with Crippen molar-refractivity contribution in [3.8, 4) is 5.75 Å². The molecule has 3 heterocycles. The summed E-state index contributed by atoms with van der Waals surface area (Å²) in [6, 6.07) is 8.10. The van der Waals surface area contributed by atoms with E-state index in [-0.39, 0.29) is 11.9 Å². The molecular formula is C25H32N4O2. The predicted octanol–water partition coefficient (Wildman–Crippen LogP) is 5.64. The second-order valence-electron chi connectivity index (χ2n) is 9.70. The van der Waals surface area contributed by atoms with Crippen molar-refractivity contribution in [2.45, 2.75) is 60.9 Å². The van der Waals surface area contributed by atoms with E-state index in [1.165, 1.54) is 0 Å². The molecule has 0 N–H and O–H groups in total. The van der Waals surface area contributed by atoms with Gasteiger partial charge in [-0.1, -0.05) is 53.7 Å². The highest BCUT2D eigenvalue weighted by atomic mass is 16.5. The lowest BCUT2D eigenvalue weighted by Gasteiger charge is -2.12. The van der Waals surface area contributed by atoms with Crippen molar-refractivity contribution in [2.24, 2.45) is 17.8 Å². The molecule has 4 aromatic rings. The van der Waals surface area contributed by atoms with Crippen LogP contribution in [0.3, 0.4) is 0 Å². The van der Waals surface area contributed by atoms with Crippen LogP contribution in [0.2, 0.25) is 0 Å². The second-order valence-corrected chi connectivity index (χ2v) is 9.70. The first-order valence-electron chi connectivity index (χ1n) is 11.2. The van der Waals surface area contributed by atoms with Gasteiger partial charge in [-0.3, -0.25) is 9.20 Å². The molecule has 0 saturated carbocycles. The number of hydrogen-bond donors (Lipinski definition) is 0. The molecule has 4 rings (SSSR count). The van der Waals surface area contributed by atoms with E-state index in [4.69, 9.17) is 14.7 Å². The zero-order valence-corrected chi connectivity index (χ0v) is 19.3. The molecule has 0 saturated heterocycles. The molecule has 0 spiro atoms. The molecule has 0 atom stereocenters. The Labute approximate surface area is 183 Å².